The third-order valence-corrected chi connectivity index (χ3v) is 7.16. The van der Waals surface area contributed by atoms with Crippen LogP contribution in [0.1, 0.15) is 17.5 Å². The van der Waals surface area contributed by atoms with Gasteiger partial charge in [0.15, 0.2) is 11.5 Å². The van der Waals surface area contributed by atoms with Crippen molar-refractivity contribution in [3.8, 4) is 11.5 Å². The predicted octanol–water partition coefficient (Wildman–Crippen LogP) is 4.83. The van der Waals surface area contributed by atoms with Gasteiger partial charge in [-0.05, 0) is 69.6 Å². The van der Waals surface area contributed by atoms with Crippen molar-refractivity contribution in [2.24, 2.45) is 28.8 Å². The highest BCUT2D eigenvalue weighted by atomic mass is 79.9. The Labute approximate surface area is 199 Å². The fraction of sp³-hybridized carbons (Fsp3) is 0.292. The van der Waals surface area contributed by atoms with Gasteiger partial charge in [-0.15, -0.1) is 0 Å². The van der Waals surface area contributed by atoms with Crippen LogP contribution in [-0.4, -0.2) is 30.1 Å². The van der Waals surface area contributed by atoms with Crippen LogP contribution in [0, 0.1) is 23.7 Å². The second kappa shape index (κ2) is 8.37. The Kier molecular flexibility index (Phi) is 5.55. The lowest BCUT2D eigenvalue weighted by atomic mass is 9.85. The molecule has 1 aliphatic heterocycles. The monoisotopic (exact) mass is 514 g/mol. The van der Waals surface area contributed by atoms with Gasteiger partial charge in [-0.2, -0.15) is 10.1 Å². The molecule has 0 radical (unpaired) electrons. The number of benzene rings is 2. The standard InChI is InChI=1S/C24H20BrClN2O4/c1-31-19-9-14(8-18(25)22(19)32-12-13-2-6-17(26)7-3-13)11-27-28-23(29)20-15-4-5-16(10-15)21(20)24(28)30/h2-9,11,15-16,20-21H,10,12H2,1H3/b27-11-/t15-,16-,20-,21+/m0/s1. The molecule has 1 heterocycles. The summed E-state index contributed by atoms with van der Waals surface area (Å²) in [5.74, 6) is 0.433. The first-order chi connectivity index (χ1) is 15.5. The zero-order valence-electron chi connectivity index (χ0n) is 17.2. The van der Waals surface area contributed by atoms with E-state index in [2.05, 4.69) is 33.2 Å². The number of carbonyl (C=O) groups excluding carboxylic acids is 2. The molecular formula is C24H20BrClN2O4. The number of ether oxygens (including phenoxy) is 2. The molecule has 0 N–H and O–H groups in total. The van der Waals surface area contributed by atoms with E-state index in [1.54, 1.807) is 19.2 Å². The zero-order chi connectivity index (χ0) is 22.4. The van der Waals surface area contributed by atoms with E-state index in [-0.39, 0.29) is 35.5 Å². The van der Waals surface area contributed by atoms with Gasteiger partial charge < -0.3 is 9.47 Å². The van der Waals surface area contributed by atoms with Crippen molar-refractivity contribution in [2.45, 2.75) is 13.0 Å². The van der Waals surface area contributed by atoms with Crippen molar-refractivity contribution >= 4 is 45.6 Å². The van der Waals surface area contributed by atoms with E-state index in [0.717, 1.165) is 17.0 Å². The van der Waals surface area contributed by atoms with Crippen molar-refractivity contribution in [3.05, 3.63) is 69.2 Å². The molecule has 2 aromatic carbocycles. The maximum absolute atomic E-state index is 12.8. The Morgan fingerprint density at radius 2 is 1.78 bits per heavy atom. The Morgan fingerprint density at radius 1 is 1.12 bits per heavy atom. The average molecular weight is 516 g/mol. The Morgan fingerprint density at radius 3 is 2.41 bits per heavy atom. The minimum Gasteiger partial charge on any atom is -0.493 e. The third-order valence-electron chi connectivity index (χ3n) is 6.32. The maximum atomic E-state index is 12.8. The summed E-state index contributed by atoms with van der Waals surface area (Å²) >= 11 is 9.45. The molecule has 4 atom stereocenters. The second-order valence-electron chi connectivity index (χ2n) is 8.18. The minimum atomic E-state index is -0.264. The lowest BCUT2D eigenvalue weighted by Gasteiger charge is -2.14. The summed E-state index contributed by atoms with van der Waals surface area (Å²) in [5.41, 5.74) is 1.64. The zero-order valence-corrected chi connectivity index (χ0v) is 19.5. The fourth-order valence-corrected chi connectivity index (χ4v) is 5.52. The van der Waals surface area contributed by atoms with Gasteiger partial charge in [0.1, 0.15) is 6.61 Å². The average Bonchev–Trinajstić information content (AvgIpc) is 3.46. The minimum absolute atomic E-state index is 0.160. The van der Waals surface area contributed by atoms with Crippen LogP contribution in [0.25, 0.3) is 0 Å². The van der Waals surface area contributed by atoms with Gasteiger partial charge in [-0.25, -0.2) is 0 Å². The summed E-state index contributed by atoms with van der Waals surface area (Å²) in [7, 11) is 1.55. The molecule has 2 aromatic rings. The summed E-state index contributed by atoms with van der Waals surface area (Å²) in [6.07, 6.45) is 6.53. The molecule has 1 saturated carbocycles. The number of carbonyl (C=O) groups is 2. The number of fused-ring (bicyclic) bond motifs is 5. The topological polar surface area (TPSA) is 68.2 Å². The number of allylic oxidation sites excluding steroid dienone is 2. The summed E-state index contributed by atoms with van der Waals surface area (Å²) in [5, 5.41) is 5.93. The van der Waals surface area contributed by atoms with Gasteiger partial charge >= 0.3 is 0 Å². The highest BCUT2D eigenvalue weighted by molar-refractivity contribution is 9.10. The molecule has 5 rings (SSSR count). The fourth-order valence-electron chi connectivity index (χ4n) is 4.82. The van der Waals surface area contributed by atoms with Crippen molar-refractivity contribution in [3.63, 3.8) is 0 Å². The van der Waals surface area contributed by atoms with Gasteiger partial charge in [0, 0.05) is 5.02 Å². The van der Waals surface area contributed by atoms with Crippen molar-refractivity contribution in [2.75, 3.05) is 7.11 Å². The van der Waals surface area contributed by atoms with Gasteiger partial charge in [-0.1, -0.05) is 35.9 Å². The summed E-state index contributed by atoms with van der Waals surface area (Å²) < 4.78 is 12.1. The van der Waals surface area contributed by atoms with Gasteiger partial charge in [0.25, 0.3) is 11.8 Å². The highest BCUT2D eigenvalue weighted by Gasteiger charge is 2.59. The van der Waals surface area contributed by atoms with Gasteiger partial charge in [0.2, 0.25) is 0 Å². The van der Waals surface area contributed by atoms with Crippen LogP contribution in [0.5, 0.6) is 11.5 Å². The SMILES string of the molecule is COc1cc(/C=N\N2C(=O)[C@@H]3[C@H](C2=O)[C@H]2C=C[C@H]3C2)cc(Br)c1OCc1ccc(Cl)cc1. The Hall–Kier alpha value is -2.64. The highest BCUT2D eigenvalue weighted by Crippen LogP contribution is 2.52. The van der Waals surface area contributed by atoms with E-state index < -0.39 is 0 Å². The normalized spacial score (nSPS) is 25.8. The lowest BCUT2D eigenvalue weighted by molar-refractivity contribution is -0.140. The predicted molar refractivity (Wildman–Crippen MR) is 124 cm³/mol. The van der Waals surface area contributed by atoms with E-state index in [1.807, 2.05) is 24.3 Å². The number of halogens is 2. The summed E-state index contributed by atoms with van der Waals surface area (Å²) in [6, 6.07) is 11.0. The van der Waals surface area contributed by atoms with E-state index in [0.29, 0.717) is 33.2 Å². The summed E-state index contributed by atoms with van der Waals surface area (Å²) in [6.45, 7) is 0.343. The first-order valence-electron chi connectivity index (χ1n) is 10.3. The number of hydrazone groups is 1. The second-order valence-corrected chi connectivity index (χ2v) is 9.47. The van der Waals surface area contributed by atoms with Crippen LogP contribution in [-0.2, 0) is 16.2 Å². The van der Waals surface area contributed by atoms with Crippen LogP contribution in [0.2, 0.25) is 5.02 Å². The number of rotatable bonds is 6. The molecule has 0 spiro atoms. The number of amides is 2. The first kappa shape index (κ1) is 21.2. The quantitative estimate of drug-likeness (QED) is 0.314. The summed E-state index contributed by atoms with van der Waals surface area (Å²) in [4.78, 5) is 25.6. The molecule has 0 aromatic heterocycles. The molecule has 2 amide bonds. The number of methoxy groups -OCH3 is 1. The van der Waals surface area contributed by atoms with Crippen molar-refractivity contribution in [1.82, 2.24) is 5.01 Å². The van der Waals surface area contributed by atoms with Crippen molar-refractivity contribution in [1.29, 1.82) is 0 Å². The molecular weight excluding hydrogens is 496 g/mol. The van der Waals surface area contributed by atoms with E-state index in [4.69, 9.17) is 21.1 Å². The first-order valence-corrected chi connectivity index (χ1v) is 11.5. The van der Waals surface area contributed by atoms with Crippen LogP contribution >= 0.6 is 27.5 Å². The molecule has 6 nitrogen and oxygen atoms in total. The molecule has 3 aliphatic rings. The molecule has 0 unspecified atom stereocenters. The van der Waals surface area contributed by atoms with E-state index in [9.17, 15) is 9.59 Å². The lowest BCUT2D eigenvalue weighted by Crippen LogP contribution is -2.28. The molecule has 2 bridgehead atoms. The van der Waals surface area contributed by atoms with Crippen LogP contribution in [0.4, 0.5) is 0 Å². The number of nitrogens with zero attached hydrogens (tertiary/aromatic N) is 2. The number of imide groups is 1. The smallest absolute Gasteiger partial charge is 0.254 e. The molecule has 1 saturated heterocycles. The number of hydrogen-bond acceptors (Lipinski definition) is 5. The van der Waals surface area contributed by atoms with Crippen LogP contribution in [0.3, 0.4) is 0 Å². The third kappa shape index (κ3) is 3.63. The van der Waals surface area contributed by atoms with E-state index >= 15 is 0 Å². The van der Waals surface area contributed by atoms with Crippen molar-refractivity contribution < 1.29 is 19.1 Å². The Bertz CT molecular complexity index is 1120. The molecule has 164 valence electrons. The van der Waals surface area contributed by atoms with Crippen LogP contribution < -0.4 is 9.47 Å². The molecule has 2 aliphatic carbocycles. The Balaban J connectivity index is 1.33. The maximum Gasteiger partial charge on any atom is 0.254 e. The van der Waals surface area contributed by atoms with Crippen LogP contribution in [0.15, 0.2) is 58.1 Å². The van der Waals surface area contributed by atoms with E-state index in [1.165, 1.54) is 6.21 Å². The largest absolute Gasteiger partial charge is 0.493 e. The molecule has 8 heteroatoms. The van der Waals surface area contributed by atoms with Gasteiger partial charge in [-0.3, -0.25) is 9.59 Å². The van der Waals surface area contributed by atoms with Gasteiger partial charge in [0.05, 0.1) is 29.6 Å². The molecule has 2 fully saturated rings. The number of hydrogen-bond donors (Lipinski definition) is 0. The molecule has 32 heavy (non-hydrogen) atoms.